The second kappa shape index (κ2) is 10.0. The van der Waals surface area contributed by atoms with Crippen molar-refractivity contribution in [2.45, 2.75) is 17.9 Å². The van der Waals surface area contributed by atoms with E-state index in [4.69, 9.17) is 5.73 Å². The molecule has 2 unspecified atom stereocenters. The Balaban J connectivity index is 1.76. The molecule has 1 aliphatic rings. The molecule has 1 aliphatic heterocycles. The average Bonchev–Trinajstić information content (AvgIpc) is 3.18. The molecule has 1 radical (unpaired) electrons. The Hall–Kier alpha value is -3.08. The second-order valence-corrected chi connectivity index (χ2v) is 9.56. The smallest absolute Gasteiger partial charge is 0.260 e. The molecular formula is C22H24N3O6S. The van der Waals surface area contributed by atoms with E-state index in [1.807, 2.05) is 0 Å². The van der Waals surface area contributed by atoms with Crippen molar-refractivity contribution in [3.8, 4) is 0 Å². The van der Waals surface area contributed by atoms with Crippen LogP contribution in [0.25, 0.3) is 0 Å². The van der Waals surface area contributed by atoms with E-state index in [0.717, 1.165) is 11.3 Å². The summed E-state index contributed by atoms with van der Waals surface area (Å²) >= 11 is 0. The van der Waals surface area contributed by atoms with E-state index >= 15 is 0 Å². The minimum absolute atomic E-state index is 0.0865. The third-order valence-electron chi connectivity index (χ3n) is 5.13. The summed E-state index contributed by atoms with van der Waals surface area (Å²) in [6.07, 6.45) is -0.0623. The number of benzene rings is 2. The molecule has 0 spiro atoms. The summed E-state index contributed by atoms with van der Waals surface area (Å²) in [5.74, 6) is -3.34. The maximum absolute atomic E-state index is 13.0. The topological polar surface area (TPSA) is 147 Å². The highest BCUT2D eigenvalue weighted by Gasteiger charge is 2.38. The average molecular weight is 459 g/mol. The van der Waals surface area contributed by atoms with Crippen molar-refractivity contribution in [3.63, 3.8) is 0 Å². The summed E-state index contributed by atoms with van der Waals surface area (Å²) in [5, 5.41) is 13.1. The zero-order valence-corrected chi connectivity index (χ0v) is 18.0. The van der Waals surface area contributed by atoms with Crippen LogP contribution in [0.1, 0.15) is 26.3 Å². The fourth-order valence-electron chi connectivity index (χ4n) is 3.53. The lowest BCUT2D eigenvalue weighted by Gasteiger charge is -2.29. The lowest BCUT2D eigenvalue weighted by Crippen LogP contribution is -2.50. The monoisotopic (exact) mass is 458 g/mol. The highest BCUT2D eigenvalue weighted by Crippen LogP contribution is 2.17. The van der Waals surface area contributed by atoms with Gasteiger partial charge in [-0.25, -0.2) is 8.42 Å². The summed E-state index contributed by atoms with van der Waals surface area (Å²) in [6, 6.07) is 13.3. The summed E-state index contributed by atoms with van der Waals surface area (Å²) < 4.78 is 25.3. The van der Waals surface area contributed by atoms with Crippen LogP contribution in [0.2, 0.25) is 0 Å². The molecule has 9 nitrogen and oxygen atoms in total. The molecule has 3 rings (SSSR count). The molecule has 10 heteroatoms. The highest BCUT2D eigenvalue weighted by molar-refractivity contribution is 7.90. The maximum atomic E-state index is 13.0. The molecule has 1 saturated heterocycles. The largest absolute Gasteiger partial charge is 0.390 e. The molecule has 2 atom stereocenters. The summed E-state index contributed by atoms with van der Waals surface area (Å²) in [4.78, 5) is 38.4. The number of imide groups is 1. The van der Waals surface area contributed by atoms with Gasteiger partial charge in [0.05, 0.1) is 30.1 Å². The van der Waals surface area contributed by atoms with Crippen molar-refractivity contribution in [1.29, 1.82) is 0 Å². The van der Waals surface area contributed by atoms with Gasteiger partial charge in [-0.05, 0) is 23.8 Å². The van der Waals surface area contributed by atoms with Gasteiger partial charge in [0.2, 0.25) is 11.8 Å². The number of carbonyl (C=O) groups excluding carboxylic acids is 3. The van der Waals surface area contributed by atoms with Crippen molar-refractivity contribution in [2.24, 2.45) is 5.73 Å². The molecule has 0 saturated carbocycles. The van der Waals surface area contributed by atoms with E-state index in [-0.39, 0.29) is 29.8 Å². The van der Waals surface area contributed by atoms with Gasteiger partial charge in [0.15, 0.2) is 9.84 Å². The van der Waals surface area contributed by atoms with Crippen LogP contribution in [0, 0.1) is 6.42 Å². The number of primary amides is 1. The summed E-state index contributed by atoms with van der Waals surface area (Å²) in [6.45, 7) is 0.400. The van der Waals surface area contributed by atoms with Gasteiger partial charge < -0.3 is 16.2 Å². The molecule has 169 valence electrons. The summed E-state index contributed by atoms with van der Waals surface area (Å²) in [5.41, 5.74) is 5.86. The number of nitrogens with zero attached hydrogens (tertiary/aromatic N) is 1. The fourth-order valence-corrected chi connectivity index (χ4v) is 4.77. The molecule has 3 amide bonds. The minimum Gasteiger partial charge on any atom is -0.390 e. The van der Waals surface area contributed by atoms with E-state index in [9.17, 15) is 27.9 Å². The molecule has 1 fully saturated rings. The Morgan fingerprint density at radius 2 is 1.72 bits per heavy atom. The van der Waals surface area contributed by atoms with Crippen LogP contribution >= 0.6 is 0 Å². The standard InChI is InChI=1S/C22H24N3O6S/c23-21(28)17-9-5-4-8-16(17)14-32(30,31)11-10-20(27)25(18-12-24-13-19(18)26)22(29)15-6-2-1-3-7-15/h1-10,18-19,24,26H,11-14H2,(H2,23,28). The van der Waals surface area contributed by atoms with Gasteiger partial charge in [0.1, 0.15) is 0 Å². The number of hydrogen-bond donors (Lipinski definition) is 3. The third kappa shape index (κ3) is 5.58. The maximum Gasteiger partial charge on any atom is 0.260 e. The highest BCUT2D eigenvalue weighted by atomic mass is 32.2. The molecular weight excluding hydrogens is 434 g/mol. The first-order valence-electron chi connectivity index (χ1n) is 9.92. The minimum atomic E-state index is -3.85. The Labute approximate surface area is 186 Å². The third-order valence-corrected chi connectivity index (χ3v) is 6.56. The Morgan fingerprint density at radius 3 is 2.34 bits per heavy atom. The Morgan fingerprint density at radius 1 is 1.06 bits per heavy atom. The number of aliphatic hydroxyl groups is 1. The van der Waals surface area contributed by atoms with Gasteiger partial charge in [0.25, 0.3) is 5.91 Å². The van der Waals surface area contributed by atoms with Crippen LogP contribution in [0.5, 0.6) is 0 Å². The number of amides is 3. The number of aliphatic hydroxyl groups excluding tert-OH is 1. The van der Waals surface area contributed by atoms with E-state index in [2.05, 4.69) is 5.32 Å². The number of hydrogen-bond acceptors (Lipinski definition) is 7. The Bertz CT molecular complexity index is 1100. The van der Waals surface area contributed by atoms with Crippen LogP contribution in [0.4, 0.5) is 0 Å². The van der Waals surface area contributed by atoms with Gasteiger partial charge in [-0.3, -0.25) is 19.3 Å². The number of nitrogens with one attached hydrogen (secondary N) is 1. The molecule has 2 aromatic rings. The zero-order valence-electron chi connectivity index (χ0n) is 17.2. The van der Waals surface area contributed by atoms with Crippen LogP contribution in [-0.2, 0) is 20.4 Å². The normalized spacial score (nSPS) is 18.3. The number of carbonyl (C=O) groups is 3. The van der Waals surface area contributed by atoms with Gasteiger partial charge in [-0.1, -0.05) is 36.4 Å². The van der Waals surface area contributed by atoms with Crippen LogP contribution in [0.3, 0.4) is 0 Å². The first-order valence-corrected chi connectivity index (χ1v) is 11.7. The zero-order chi connectivity index (χ0) is 23.3. The fraction of sp³-hybridized carbons (Fsp3) is 0.273. The van der Waals surface area contributed by atoms with E-state index in [0.29, 0.717) is 0 Å². The van der Waals surface area contributed by atoms with Gasteiger partial charge in [0, 0.05) is 24.2 Å². The van der Waals surface area contributed by atoms with E-state index in [1.165, 1.54) is 24.3 Å². The van der Waals surface area contributed by atoms with Crippen molar-refractivity contribution in [3.05, 3.63) is 77.7 Å². The molecule has 0 aromatic heterocycles. The van der Waals surface area contributed by atoms with Crippen molar-refractivity contribution in [2.75, 3.05) is 18.8 Å². The molecule has 1 heterocycles. The number of β-amino-alcohol motifs (C(OH)–C–C–N with tert-alkyl or cyclic N) is 1. The van der Waals surface area contributed by atoms with Crippen molar-refractivity contribution >= 4 is 27.6 Å². The molecule has 4 N–H and O–H groups in total. The Kier molecular flexibility index (Phi) is 7.39. The summed E-state index contributed by atoms with van der Waals surface area (Å²) in [7, 11) is -3.85. The predicted octanol–water partition coefficient (Wildman–Crippen LogP) is -0.0937. The predicted molar refractivity (Wildman–Crippen MR) is 117 cm³/mol. The molecule has 0 bridgehead atoms. The molecule has 0 aliphatic carbocycles. The number of sulfone groups is 1. The number of nitrogens with two attached hydrogens (primary N) is 1. The van der Waals surface area contributed by atoms with Gasteiger partial charge >= 0.3 is 0 Å². The van der Waals surface area contributed by atoms with Gasteiger partial charge in [-0.15, -0.1) is 0 Å². The van der Waals surface area contributed by atoms with Crippen LogP contribution in [0.15, 0.2) is 54.6 Å². The van der Waals surface area contributed by atoms with Gasteiger partial charge in [-0.2, -0.15) is 0 Å². The van der Waals surface area contributed by atoms with E-state index < -0.39 is 51.2 Å². The first-order chi connectivity index (χ1) is 15.2. The van der Waals surface area contributed by atoms with Crippen molar-refractivity contribution in [1.82, 2.24) is 10.2 Å². The lowest BCUT2D eigenvalue weighted by atomic mass is 10.1. The first kappa shape index (κ1) is 23.6. The van der Waals surface area contributed by atoms with E-state index in [1.54, 1.807) is 30.3 Å². The quantitative estimate of drug-likeness (QED) is 0.501. The second-order valence-electron chi connectivity index (χ2n) is 7.45. The van der Waals surface area contributed by atoms with Crippen LogP contribution < -0.4 is 11.1 Å². The number of rotatable bonds is 8. The molecule has 2 aromatic carbocycles. The van der Waals surface area contributed by atoms with Crippen LogP contribution in [-0.4, -0.2) is 67.1 Å². The molecule has 32 heavy (non-hydrogen) atoms. The lowest BCUT2D eigenvalue weighted by molar-refractivity contribution is -0.127. The van der Waals surface area contributed by atoms with Crippen molar-refractivity contribution < 1.29 is 27.9 Å². The SMILES string of the molecule is NC(=O)c1ccccc1CS(=O)(=O)C[CH]C(=O)N(C(=O)c1ccccc1)C1CNCC1O.